The summed E-state index contributed by atoms with van der Waals surface area (Å²) in [5, 5.41) is 1.26. The number of hydrogen-bond donors (Lipinski definition) is 2. The highest BCUT2D eigenvalue weighted by Crippen LogP contribution is 2.31. The Morgan fingerprint density at radius 1 is 1.11 bits per heavy atom. The van der Waals surface area contributed by atoms with Crippen LogP contribution in [-0.2, 0) is 35.7 Å². The fourth-order valence-electron chi connectivity index (χ4n) is 4.34. The molecule has 0 spiro atoms. The number of nitrogens with zero attached hydrogens (tertiary/aromatic N) is 4. The van der Waals surface area contributed by atoms with Crippen LogP contribution in [0.25, 0.3) is 10.8 Å². The van der Waals surface area contributed by atoms with Crippen LogP contribution >= 0.6 is 11.8 Å². The van der Waals surface area contributed by atoms with Crippen molar-refractivity contribution < 1.29 is 27.5 Å². The number of nitrogens with two attached hydrogens (primary N) is 1. The van der Waals surface area contributed by atoms with Gasteiger partial charge in [-0.1, -0.05) is 49.9 Å². The van der Waals surface area contributed by atoms with Crippen molar-refractivity contribution in [3.63, 3.8) is 0 Å². The first kappa shape index (κ1) is 35.5. The molecule has 1 amide bonds. The van der Waals surface area contributed by atoms with E-state index in [0.717, 1.165) is 22.8 Å². The molecule has 1 heterocycles. The summed E-state index contributed by atoms with van der Waals surface area (Å²) in [6.45, 7) is 6.80. The van der Waals surface area contributed by atoms with Crippen molar-refractivity contribution >= 4 is 61.6 Å². The van der Waals surface area contributed by atoms with E-state index in [4.69, 9.17) is 10.5 Å². The second kappa shape index (κ2) is 15.8. The number of carbonyl (C=O) groups is 3. The van der Waals surface area contributed by atoms with E-state index >= 15 is 0 Å². The Morgan fingerprint density at radius 3 is 2.44 bits per heavy atom. The van der Waals surface area contributed by atoms with Gasteiger partial charge in [0, 0.05) is 71.8 Å². The number of benzene rings is 2. The number of amides is 1. The molecule has 2 aromatic carbocycles. The number of hydrogen-bond acceptors (Lipinski definition) is 11. The van der Waals surface area contributed by atoms with Crippen LogP contribution in [-0.4, -0.2) is 68.0 Å². The minimum absolute atomic E-state index is 0.0737. The van der Waals surface area contributed by atoms with E-state index < -0.39 is 16.0 Å². The van der Waals surface area contributed by atoms with Gasteiger partial charge in [-0.3, -0.25) is 14.4 Å². The van der Waals surface area contributed by atoms with Crippen LogP contribution in [0.15, 0.2) is 58.1 Å². The molecule has 0 unspecified atom stereocenters. The number of carbonyl (C=O) groups excluding carboxylic acids is 3. The number of esters is 1. The van der Waals surface area contributed by atoms with Crippen molar-refractivity contribution in [3.05, 3.63) is 64.6 Å². The van der Waals surface area contributed by atoms with E-state index in [-0.39, 0.29) is 54.3 Å². The second-order valence-corrected chi connectivity index (χ2v) is 13.6. The van der Waals surface area contributed by atoms with Gasteiger partial charge < -0.3 is 20.3 Å². The molecule has 1 aromatic heterocycles. The smallest absolute Gasteiger partial charge is 0.307 e. The minimum Gasteiger partial charge on any atom is -0.465 e. The Labute approximate surface area is 268 Å². The zero-order valence-electron chi connectivity index (χ0n) is 26.4. The molecular weight excluding hydrogens is 617 g/mol. The summed E-state index contributed by atoms with van der Waals surface area (Å²) in [7, 11) is -0.147. The first-order valence-corrected chi connectivity index (χ1v) is 16.6. The lowest BCUT2D eigenvalue weighted by Crippen LogP contribution is -2.27. The standard InChI is InChI=1S/C31H40N6O6S2/c1-20(2)31(40)44-27(21(3)37(19-38)18-23-17-33-22(4)35-30(23)32)14-16-43-29(39)13-15-34-45(41,42)28-12-8-9-24-25(28)10-7-11-26(24)36(5)6/h7-12,17,19-20,34H,13-16,18H2,1-6H3,(H2,32,33,35). The predicted molar refractivity (Wildman–Crippen MR) is 177 cm³/mol. The normalized spacial score (nSPS) is 12.2. The van der Waals surface area contributed by atoms with Crippen molar-refractivity contribution in [1.29, 1.82) is 0 Å². The topological polar surface area (TPSA) is 165 Å². The number of thioether (sulfide) groups is 1. The Kier molecular flexibility index (Phi) is 12.5. The maximum absolute atomic E-state index is 13.1. The van der Waals surface area contributed by atoms with Crippen molar-refractivity contribution in [2.75, 3.05) is 37.9 Å². The van der Waals surface area contributed by atoms with Gasteiger partial charge in [-0.15, -0.1) is 0 Å². The van der Waals surface area contributed by atoms with E-state index in [2.05, 4.69) is 14.7 Å². The van der Waals surface area contributed by atoms with E-state index in [0.29, 0.717) is 33.8 Å². The van der Waals surface area contributed by atoms with E-state index in [1.807, 2.05) is 31.1 Å². The van der Waals surface area contributed by atoms with Crippen LogP contribution < -0.4 is 15.4 Å². The van der Waals surface area contributed by atoms with Crippen molar-refractivity contribution in [2.45, 2.75) is 52.0 Å². The number of nitrogens with one attached hydrogen (secondary N) is 1. The number of allylic oxidation sites excluding steroid dienone is 1. The first-order valence-electron chi connectivity index (χ1n) is 14.3. The summed E-state index contributed by atoms with van der Waals surface area (Å²) >= 11 is 0.988. The van der Waals surface area contributed by atoms with Gasteiger partial charge in [0.1, 0.15) is 11.6 Å². The van der Waals surface area contributed by atoms with E-state index in [9.17, 15) is 22.8 Å². The van der Waals surface area contributed by atoms with Crippen LogP contribution in [0.5, 0.6) is 0 Å². The monoisotopic (exact) mass is 656 g/mol. The van der Waals surface area contributed by atoms with Crippen molar-refractivity contribution in [3.8, 4) is 0 Å². The van der Waals surface area contributed by atoms with Gasteiger partial charge in [0.25, 0.3) is 0 Å². The van der Waals surface area contributed by atoms with Gasteiger partial charge in [0.15, 0.2) is 5.12 Å². The predicted octanol–water partition coefficient (Wildman–Crippen LogP) is 3.99. The number of sulfonamides is 1. The molecule has 0 bridgehead atoms. The molecule has 0 saturated heterocycles. The average molecular weight is 657 g/mol. The molecule has 0 aliphatic carbocycles. The van der Waals surface area contributed by atoms with Gasteiger partial charge in [0.05, 0.1) is 24.5 Å². The molecular formula is C31H40N6O6S2. The second-order valence-electron chi connectivity index (χ2n) is 10.8. The van der Waals surface area contributed by atoms with Gasteiger partial charge in [0.2, 0.25) is 16.4 Å². The molecule has 0 atom stereocenters. The number of aromatic nitrogens is 2. The number of aryl methyl sites for hydroxylation is 1. The number of anilines is 2. The van der Waals surface area contributed by atoms with E-state index in [1.54, 1.807) is 52.1 Å². The van der Waals surface area contributed by atoms with Crippen LogP contribution in [0.4, 0.5) is 11.5 Å². The summed E-state index contributed by atoms with van der Waals surface area (Å²) in [6.07, 6.45) is 2.15. The third-order valence-electron chi connectivity index (χ3n) is 6.86. The number of rotatable bonds is 15. The average Bonchev–Trinajstić information content (AvgIpc) is 2.98. The summed E-state index contributed by atoms with van der Waals surface area (Å²) in [4.78, 5) is 49.4. The molecule has 0 aliphatic rings. The fraction of sp³-hybridized carbons (Fsp3) is 0.387. The molecule has 242 valence electrons. The summed E-state index contributed by atoms with van der Waals surface area (Å²) < 4.78 is 34.1. The van der Waals surface area contributed by atoms with Crippen LogP contribution in [0.2, 0.25) is 0 Å². The first-order chi connectivity index (χ1) is 21.2. The molecule has 45 heavy (non-hydrogen) atoms. The van der Waals surface area contributed by atoms with Gasteiger partial charge in [-0.2, -0.15) is 0 Å². The fourth-order valence-corrected chi connectivity index (χ4v) is 6.52. The quantitative estimate of drug-likeness (QED) is 0.179. The largest absolute Gasteiger partial charge is 0.465 e. The van der Waals surface area contributed by atoms with Gasteiger partial charge in [-0.25, -0.2) is 23.1 Å². The molecule has 3 rings (SSSR count). The third-order valence-corrected chi connectivity index (χ3v) is 9.80. The number of nitrogen functional groups attached to an aromatic ring is 1. The molecule has 12 nitrogen and oxygen atoms in total. The van der Waals surface area contributed by atoms with Crippen molar-refractivity contribution in [2.24, 2.45) is 5.92 Å². The number of fused-ring (bicyclic) bond motifs is 1. The third kappa shape index (κ3) is 9.49. The van der Waals surface area contributed by atoms with Crippen LogP contribution in [0.3, 0.4) is 0 Å². The zero-order valence-corrected chi connectivity index (χ0v) is 28.0. The lowest BCUT2D eigenvalue weighted by atomic mass is 10.1. The Bertz CT molecular complexity index is 1690. The SMILES string of the molecule is CC(=C(CCOC(=O)CCNS(=O)(=O)c1cccc2c(N(C)C)cccc12)SC(=O)C(C)C)N(C=O)Cc1cnc(C)nc1N. The summed E-state index contributed by atoms with van der Waals surface area (Å²) in [5.74, 6) is -0.130. The maximum atomic E-state index is 13.1. The number of ether oxygens (including phenoxy) is 1. The highest BCUT2D eigenvalue weighted by atomic mass is 32.2. The highest BCUT2D eigenvalue weighted by Gasteiger charge is 2.21. The maximum Gasteiger partial charge on any atom is 0.307 e. The molecule has 0 saturated carbocycles. The summed E-state index contributed by atoms with van der Waals surface area (Å²) in [5.41, 5.74) is 7.93. The Balaban J connectivity index is 1.65. The summed E-state index contributed by atoms with van der Waals surface area (Å²) in [6, 6.07) is 10.5. The Hall–Kier alpha value is -4.01. The zero-order chi connectivity index (χ0) is 33.3. The molecule has 3 N–H and O–H groups in total. The molecule has 0 aliphatic heterocycles. The molecule has 3 aromatic rings. The van der Waals surface area contributed by atoms with Crippen molar-refractivity contribution in [1.82, 2.24) is 19.6 Å². The lowest BCUT2D eigenvalue weighted by molar-refractivity contribution is -0.143. The van der Waals surface area contributed by atoms with Gasteiger partial charge in [-0.05, 0) is 26.0 Å². The molecule has 0 radical (unpaired) electrons. The van der Waals surface area contributed by atoms with E-state index in [1.165, 1.54) is 11.0 Å². The highest BCUT2D eigenvalue weighted by molar-refractivity contribution is 8.17. The van der Waals surface area contributed by atoms with Gasteiger partial charge >= 0.3 is 5.97 Å². The minimum atomic E-state index is -3.92. The molecule has 0 fully saturated rings. The van der Waals surface area contributed by atoms with Crippen LogP contribution in [0.1, 0.15) is 45.0 Å². The lowest BCUT2D eigenvalue weighted by Gasteiger charge is -2.22. The molecule has 14 heteroatoms. The Morgan fingerprint density at radius 2 is 1.80 bits per heavy atom. The van der Waals surface area contributed by atoms with Crippen LogP contribution in [0, 0.1) is 12.8 Å².